The summed E-state index contributed by atoms with van der Waals surface area (Å²) in [6.45, 7) is 10.4. The summed E-state index contributed by atoms with van der Waals surface area (Å²) in [6, 6.07) is 0. The second kappa shape index (κ2) is 4.26. The zero-order chi connectivity index (χ0) is 14.1. The first kappa shape index (κ1) is 13.6. The lowest BCUT2D eigenvalue weighted by atomic mass is 9.58. The normalized spacial score (nSPS) is 61.2. The van der Waals surface area contributed by atoms with Gasteiger partial charge in [-0.1, -0.05) is 34.1 Å². The molecular formula is C20H34. The molecule has 0 bridgehead atoms. The summed E-state index contributed by atoms with van der Waals surface area (Å²) in [7, 11) is 0. The van der Waals surface area contributed by atoms with Gasteiger partial charge >= 0.3 is 0 Å². The zero-order valence-corrected chi connectivity index (χ0v) is 14.1. The molecule has 4 rings (SSSR count). The van der Waals surface area contributed by atoms with Gasteiger partial charge in [-0.05, 0) is 91.3 Å². The van der Waals surface area contributed by atoms with Crippen LogP contribution in [-0.4, -0.2) is 0 Å². The van der Waals surface area contributed by atoms with E-state index in [2.05, 4.69) is 27.7 Å². The van der Waals surface area contributed by atoms with Gasteiger partial charge in [0, 0.05) is 0 Å². The standard InChI is InChI=1S/C20H34/c1-5-14-10-15-7-8-16-17-9-6-13(2)19(17,3)12-18(16)20(15,4)11-14/h13-18H,5-12H2,1-4H3. The van der Waals surface area contributed by atoms with E-state index in [0.717, 1.165) is 40.9 Å². The Balaban J connectivity index is 1.66. The summed E-state index contributed by atoms with van der Waals surface area (Å²) in [5, 5.41) is 0. The Morgan fingerprint density at radius 1 is 0.900 bits per heavy atom. The van der Waals surface area contributed by atoms with Gasteiger partial charge in [0.1, 0.15) is 0 Å². The third kappa shape index (κ3) is 1.55. The molecular weight excluding hydrogens is 240 g/mol. The van der Waals surface area contributed by atoms with Crippen molar-refractivity contribution in [3.8, 4) is 0 Å². The first-order valence-electron chi connectivity index (χ1n) is 9.49. The van der Waals surface area contributed by atoms with Gasteiger partial charge in [0.2, 0.25) is 0 Å². The summed E-state index contributed by atoms with van der Waals surface area (Å²) < 4.78 is 0. The fourth-order valence-corrected chi connectivity index (χ4v) is 7.69. The van der Waals surface area contributed by atoms with Crippen molar-refractivity contribution in [2.75, 3.05) is 0 Å². The smallest absolute Gasteiger partial charge is 0.0264 e. The third-order valence-corrected chi connectivity index (χ3v) is 9.13. The van der Waals surface area contributed by atoms with Crippen molar-refractivity contribution in [3.63, 3.8) is 0 Å². The molecule has 0 spiro atoms. The molecule has 8 unspecified atom stereocenters. The van der Waals surface area contributed by atoms with Crippen LogP contribution in [0.3, 0.4) is 0 Å². The van der Waals surface area contributed by atoms with Crippen LogP contribution >= 0.6 is 0 Å². The van der Waals surface area contributed by atoms with Gasteiger partial charge in [0.25, 0.3) is 0 Å². The lowest BCUT2D eigenvalue weighted by molar-refractivity contribution is 0.0228. The quantitative estimate of drug-likeness (QED) is 0.557. The Morgan fingerprint density at radius 3 is 2.45 bits per heavy atom. The molecule has 0 heteroatoms. The molecule has 0 heterocycles. The maximum Gasteiger partial charge on any atom is -0.0264 e. The molecule has 8 atom stereocenters. The molecule has 114 valence electrons. The number of hydrogen-bond donors (Lipinski definition) is 0. The summed E-state index contributed by atoms with van der Waals surface area (Å²) in [5.41, 5.74) is 1.42. The maximum absolute atomic E-state index is 2.71. The van der Waals surface area contributed by atoms with Crippen molar-refractivity contribution in [1.29, 1.82) is 0 Å². The van der Waals surface area contributed by atoms with Crippen molar-refractivity contribution >= 4 is 0 Å². The van der Waals surface area contributed by atoms with Crippen LogP contribution in [-0.2, 0) is 0 Å². The van der Waals surface area contributed by atoms with Crippen LogP contribution < -0.4 is 0 Å². The lowest BCUT2D eigenvalue weighted by Crippen LogP contribution is -2.39. The Kier molecular flexibility index (Phi) is 2.91. The first-order chi connectivity index (χ1) is 9.49. The van der Waals surface area contributed by atoms with Gasteiger partial charge in [-0.15, -0.1) is 0 Å². The SMILES string of the molecule is CCC1CC2CCC3C4CCC(C)C4(C)CC3C2(C)C1. The largest absolute Gasteiger partial charge is 0.0651 e. The zero-order valence-electron chi connectivity index (χ0n) is 14.1. The second-order valence-electron chi connectivity index (χ2n) is 9.56. The highest BCUT2D eigenvalue weighted by molar-refractivity contribution is 5.12. The molecule has 0 aliphatic heterocycles. The summed E-state index contributed by atoms with van der Waals surface area (Å²) >= 11 is 0. The van der Waals surface area contributed by atoms with Crippen LogP contribution in [0.2, 0.25) is 0 Å². The van der Waals surface area contributed by atoms with E-state index in [1.165, 1.54) is 12.8 Å². The van der Waals surface area contributed by atoms with E-state index in [1.54, 1.807) is 38.5 Å². The van der Waals surface area contributed by atoms with Gasteiger partial charge in [-0.2, -0.15) is 0 Å². The molecule has 20 heavy (non-hydrogen) atoms. The van der Waals surface area contributed by atoms with E-state index in [1.807, 2.05) is 0 Å². The highest BCUT2D eigenvalue weighted by Gasteiger charge is 2.63. The Bertz CT molecular complexity index is 399. The van der Waals surface area contributed by atoms with Gasteiger partial charge < -0.3 is 0 Å². The fourth-order valence-electron chi connectivity index (χ4n) is 7.69. The minimum atomic E-state index is 0.706. The maximum atomic E-state index is 2.71. The van der Waals surface area contributed by atoms with Crippen LogP contribution in [0.25, 0.3) is 0 Å². The summed E-state index contributed by atoms with van der Waals surface area (Å²) in [4.78, 5) is 0. The van der Waals surface area contributed by atoms with Crippen molar-refractivity contribution in [3.05, 3.63) is 0 Å². The molecule has 0 amide bonds. The lowest BCUT2D eigenvalue weighted by Gasteiger charge is -2.47. The van der Waals surface area contributed by atoms with Gasteiger partial charge in [-0.3, -0.25) is 0 Å². The number of fused-ring (bicyclic) bond motifs is 5. The monoisotopic (exact) mass is 274 g/mol. The van der Waals surface area contributed by atoms with Crippen molar-refractivity contribution < 1.29 is 0 Å². The minimum absolute atomic E-state index is 0.706. The minimum Gasteiger partial charge on any atom is -0.0651 e. The summed E-state index contributed by atoms with van der Waals surface area (Å²) in [6.07, 6.45) is 12.3. The van der Waals surface area contributed by atoms with Crippen LogP contribution in [0, 0.1) is 46.3 Å². The van der Waals surface area contributed by atoms with Crippen molar-refractivity contribution in [2.24, 2.45) is 46.3 Å². The Morgan fingerprint density at radius 2 is 1.70 bits per heavy atom. The molecule has 0 aromatic rings. The van der Waals surface area contributed by atoms with E-state index >= 15 is 0 Å². The Labute approximate surface area is 126 Å². The predicted molar refractivity (Wildman–Crippen MR) is 85.4 cm³/mol. The Hall–Kier alpha value is 0. The van der Waals surface area contributed by atoms with Gasteiger partial charge in [-0.25, -0.2) is 0 Å². The highest BCUT2D eigenvalue weighted by atomic mass is 14.7. The van der Waals surface area contributed by atoms with Gasteiger partial charge in [0.15, 0.2) is 0 Å². The molecule has 0 aromatic carbocycles. The van der Waals surface area contributed by atoms with Crippen LogP contribution in [0.5, 0.6) is 0 Å². The molecule has 4 fully saturated rings. The second-order valence-corrected chi connectivity index (χ2v) is 9.56. The van der Waals surface area contributed by atoms with E-state index in [-0.39, 0.29) is 0 Å². The molecule has 4 saturated carbocycles. The van der Waals surface area contributed by atoms with E-state index < -0.39 is 0 Å². The molecule has 4 aliphatic rings. The van der Waals surface area contributed by atoms with E-state index in [4.69, 9.17) is 0 Å². The number of hydrogen-bond acceptors (Lipinski definition) is 0. The fraction of sp³-hybridized carbons (Fsp3) is 1.00. The molecule has 0 nitrogen and oxygen atoms in total. The van der Waals surface area contributed by atoms with Crippen molar-refractivity contribution in [2.45, 2.75) is 79.1 Å². The first-order valence-corrected chi connectivity index (χ1v) is 9.49. The molecule has 4 aliphatic carbocycles. The highest BCUT2D eigenvalue weighted by Crippen LogP contribution is 2.71. The van der Waals surface area contributed by atoms with Crippen molar-refractivity contribution in [1.82, 2.24) is 0 Å². The van der Waals surface area contributed by atoms with Crippen LogP contribution in [0.4, 0.5) is 0 Å². The predicted octanol–water partition coefficient (Wildman–Crippen LogP) is 5.91. The van der Waals surface area contributed by atoms with Crippen LogP contribution in [0.1, 0.15) is 79.1 Å². The topological polar surface area (TPSA) is 0 Å². The van der Waals surface area contributed by atoms with Crippen LogP contribution in [0.15, 0.2) is 0 Å². The molecule has 0 N–H and O–H groups in total. The average molecular weight is 274 g/mol. The van der Waals surface area contributed by atoms with E-state index in [9.17, 15) is 0 Å². The van der Waals surface area contributed by atoms with Gasteiger partial charge in [0.05, 0.1) is 0 Å². The summed E-state index contributed by atoms with van der Waals surface area (Å²) in [5.74, 6) is 6.38. The molecule has 0 saturated heterocycles. The molecule has 0 radical (unpaired) electrons. The molecule has 0 aromatic heterocycles. The van der Waals surface area contributed by atoms with E-state index in [0.29, 0.717) is 5.41 Å². The third-order valence-electron chi connectivity index (χ3n) is 9.13. The number of rotatable bonds is 1. The average Bonchev–Trinajstić information content (AvgIpc) is 3.00.